The molecule has 0 spiro atoms. The van der Waals surface area contributed by atoms with Crippen LogP contribution in [0.3, 0.4) is 0 Å². The Kier molecular flexibility index (Phi) is 4.29. The summed E-state index contributed by atoms with van der Waals surface area (Å²) in [5.74, 6) is -0.535. The van der Waals surface area contributed by atoms with E-state index in [0.717, 1.165) is 4.96 Å². The lowest BCUT2D eigenvalue weighted by Gasteiger charge is -2.04. The summed E-state index contributed by atoms with van der Waals surface area (Å²) in [6.07, 6.45) is 5.68. The van der Waals surface area contributed by atoms with Crippen molar-refractivity contribution in [1.82, 2.24) is 14.0 Å². The molecule has 0 N–H and O–H groups in total. The van der Waals surface area contributed by atoms with Crippen LogP contribution < -0.4 is 4.80 Å². The summed E-state index contributed by atoms with van der Waals surface area (Å²) in [4.78, 5) is 22.2. The van der Waals surface area contributed by atoms with Gasteiger partial charge in [-0.3, -0.25) is 9.20 Å². The van der Waals surface area contributed by atoms with E-state index in [1.807, 2.05) is 27.6 Å². The molecule has 4 rings (SSSR count). The van der Waals surface area contributed by atoms with Crippen LogP contribution >= 0.6 is 22.7 Å². The number of halogens is 1. The quantitative estimate of drug-likeness (QED) is 0.553. The van der Waals surface area contributed by atoms with Gasteiger partial charge in [0.2, 0.25) is 0 Å². The van der Waals surface area contributed by atoms with E-state index in [2.05, 4.69) is 9.98 Å². The van der Waals surface area contributed by atoms with Gasteiger partial charge in [0.25, 0.3) is 5.91 Å². The van der Waals surface area contributed by atoms with Crippen LogP contribution in [0.15, 0.2) is 58.6 Å². The number of carbonyl (C=O) groups excluding carboxylic acids is 1. The number of hydrogen-bond donors (Lipinski definition) is 0. The Morgan fingerprint density at radius 3 is 2.88 bits per heavy atom. The van der Waals surface area contributed by atoms with E-state index < -0.39 is 0 Å². The number of benzene rings is 1. The SMILES string of the molecule is O=C(Cc1cn2ccsc2n1)N=c1sccn1Cc1ccccc1F. The van der Waals surface area contributed by atoms with Gasteiger partial charge in [0.1, 0.15) is 5.82 Å². The van der Waals surface area contributed by atoms with Crippen LogP contribution in [0.1, 0.15) is 11.3 Å². The number of rotatable bonds is 4. The van der Waals surface area contributed by atoms with E-state index >= 15 is 0 Å². The predicted molar refractivity (Wildman–Crippen MR) is 95.2 cm³/mol. The molecule has 1 amide bonds. The molecule has 126 valence electrons. The van der Waals surface area contributed by atoms with Gasteiger partial charge in [0.05, 0.1) is 18.7 Å². The van der Waals surface area contributed by atoms with Crippen molar-refractivity contribution in [2.24, 2.45) is 4.99 Å². The zero-order valence-electron chi connectivity index (χ0n) is 13.0. The number of thiazole rings is 2. The van der Waals surface area contributed by atoms with E-state index in [-0.39, 0.29) is 18.1 Å². The topological polar surface area (TPSA) is 51.7 Å². The molecule has 3 aromatic heterocycles. The molecular formula is C17H13FN4OS2. The second-order valence-corrected chi connectivity index (χ2v) is 7.16. The summed E-state index contributed by atoms with van der Waals surface area (Å²) in [7, 11) is 0. The molecule has 0 saturated carbocycles. The lowest BCUT2D eigenvalue weighted by molar-refractivity contribution is -0.117. The molecule has 5 nitrogen and oxygen atoms in total. The standard InChI is InChI=1S/C17H13FN4OS2/c18-14-4-2-1-3-12(14)10-21-5-7-25-17(21)20-15(23)9-13-11-22-6-8-24-16(22)19-13/h1-8,11H,9-10H2. The lowest BCUT2D eigenvalue weighted by atomic mass is 10.2. The van der Waals surface area contributed by atoms with Crippen LogP contribution in [0.4, 0.5) is 4.39 Å². The molecule has 0 bridgehead atoms. The highest BCUT2D eigenvalue weighted by Gasteiger charge is 2.09. The minimum Gasteiger partial charge on any atom is -0.319 e. The molecule has 0 saturated heterocycles. The monoisotopic (exact) mass is 372 g/mol. The molecule has 3 heterocycles. The first kappa shape index (κ1) is 15.9. The van der Waals surface area contributed by atoms with Crippen molar-refractivity contribution in [3.05, 3.63) is 75.5 Å². The first-order valence-electron chi connectivity index (χ1n) is 7.55. The first-order valence-corrected chi connectivity index (χ1v) is 9.31. The highest BCUT2D eigenvalue weighted by Crippen LogP contribution is 2.12. The summed E-state index contributed by atoms with van der Waals surface area (Å²) in [5, 5.41) is 3.77. The van der Waals surface area contributed by atoms with Gasteiger partial charge in [0.15, 0.2) is 9.76 Å². The highest BCUT2D eigenvalue weighted by atomic mass is 32.1. The summed E-state index contributed by atoms with van der Waals surface area (Å²) in [6, 6.07) is 6.59. The van der Waals surface area contributed by atoms with Gasteiger partial charge in [-0.2, -0.15) is 4.99 Å². The molecule has 0 aliphatic carbocycles. The van der Waals surface area contributed by atoms with Gasteiger partial charge in [-0.15, -0.1) is 22.7 Å². The normalized spacial score (nSPS) is 12.1. The summed E-state index contributed by atoms with van der Waals surface area (Å²) >= 11 is 2.87. The van der Waals surface area contributed by atoms with Gasteiger partial charge in [-0.25, -0.2) is 9.37 Å². The maximum atomic E-state index is 13.8. The molecule has 0 aliphatic rings. The average molecular weight is 372 g/mol. The Morgan fingerprint density at radius 1 is 1.20 bits per heavy atom. The third-order valence-electron chi connectivity index (χ3n) is 3.65. The molecule has 25 heavy (non-hydrogen) atoms. The fourth-order valence-electron chi connectivity index (χ4n) is 2.48. The molecule has 0 fully saturated rings. The number of amides is 1. The number of carbonyl (C=O) groups is 1. The largest absolute Gasteiger partial charge is 0.319 e. The smallest absolute Gasteiger partial charge is 0.254 e. The van der Waals surface area contributed by atoms with Gasteiger partial charge in [0, 0.05) is 34.9 Å². The fourth-order valence-corrected chi connectivity index (χ4v) is 3.94. The second kappa shape index (κ2) is 6.73. The summed E-state index contributed by atoms with van der Waals surface area (Å²) in [6.45, 7) is 0.336. The van der Waals surface area contributed by atoms with Crippen molar-refractivity contribution in [2.75, 3.05) is 0 Å². The molecular weight excluding hydrogens is 359 g/mol. The fraction of sp³-hybridized carbons (Fsp3) is 0.118. The first-order chi connectivity index (χ1) is 12.2. The second-order valence-electron chi connectivity index (χ2n) is 5.41. The Morgan fingerprint density at radius 2 is 2.04 bits per heavy atom. The van der Waals surface area contributed by atoms with Crippen molar-refractivity contribution in [3.63, 3.8) is 0 Å². The molecule has 0 aliphatic heterocycles. The van der Waals surface area contributed by atoms with Crippen molar-refractivity contribution in [3.8, 4) is 0 Å². The molecule has 4 aromatic rings. The van der Waals surface area contributed by atoms with Gasteiger partial charge < -0.3 is 4.57 Å². The molecule has 8 heteroatoms. The Bertz CT molecular complexity index is 1080. The van der Waals surface area contributed by atoms with Crippen molar-refractivity contribution >= 4 is 33.5 Å². The maximum absolute atomic E-state index is 13.8. The van der Waals surface area contributed by atoms with Crippen LogP contribution in [0, 0.1) is 5.82 Å². The van der Waals surface area contributed by atoms with Crippen LogP contribution in [-0.4, -0.2) is 19.9 Å². The molecule has 0 atom stereocenters. The summed E-state index contributed by atoms with van der Waals surface area (Å²) in [5.41, 5.74) is 1.25. The number of imidazole rings is 1. The zero-order valence-corrected chi connectivity index (χ0v) is 14.6. The minimum atomic E-state index is -0.268. The van der Waals surface area contributed by atoms with Crippen molar-refractivity contribution < 1.29 is 9.18 Å². The van der Waals surface area contributed by atoms with Crippen molar-refractivity contribution in [1.29, 1.82) is 0 Å². The van der Waals surface area contributed by atoms with Crippen molar-refractivity contribution in [2.45, 2.75) is 13.0 Å². The number of fused-ring (bicyclic) bond motifs is 1. The van der Waals surface area contributed by atoms with Crippen LogP contribution in [0.2, 0.25) is 0 Å². The number of hydrogen-bond acceptors (Lipinski definition) is 4. The average Bonchev–Trinajstić information content (AvgIpc) is 3.27. The summed E-state index contributed by atoms with van der Waals surface area (Å²) < 4.78 is 17.5. The van der Waals surface area contributed by atoms with Gasteiger partial charge >= 0.3 is 0 Å². The van der Waals surface area contributed by atoms with Crippen LogP contribution in [0.5, 0.6) is 0 Å². The molecule has 0 unspecified atom stereocenters. The number of nitrogens with zero attached hydrogens (tertiary/aromatic N) is 4. The third-order valence-corrected chi connectivity index (χ3v) is 5.22. The van der Waals surface area contributed by atoms with Gasteiger partial charge in [-0.05, 0) is 6.07 Å². The minimum absolute atomic E-state index is 0.145. The zero-order chi connectivity index (χ0) is 17.2. The third kappa shape index (κ3) is 3.45. The van der Waals surface area contributed by atoms with Gasteiger partial charge in [-0.1, -0.05) is 18.2 Å². The van der Waals surface area contributed by atoms with Crippen LogP contribution in [0.25, 0.3) is 4.96 Å². The van der Waals surface area contributed by atoms with Crippen LogP contribution in [-0.2, 0) is 17.8 Å². The van der Waals surface area contributed by atoms with E-state index in [1.54, 1.807) is 29.0 Å². The maximum Gasteiger partial charge on any atom is 0.254 e. The Hall–Kier alpha value is -2.58. The lowest BCUT2D eigenvalue weighted by Crippen LogP contribution is -2.18. The van der Waals surface area contributed by atoms with E-state index in [4.69, 9.17) is 0 Å². The predicted octanol–water partition coefficient (Wildman–Crippen LogP) is 3.12. The highest BCUT2D eigenvalue weighted by molar-refractivity contribution is 7.15. The van der Waals surface area contributed by atoms with E-state index in [9.17, 15) is 9.18 Å². The number of aromatic nitrogens is 3. The Labute approximate surface area is 150 Å². The van der Waals surface area contributed by atoms with E-state index in [0.29, 0.717) is 22.6 Å². The molecule has 1 aromatic carbocycles. The Balaban J connectivity index is 1.55. The molecule has 0 radical (unpaired) electrons. The van der Waals surface area contributed by atoms with E-state index in [1.165, 1.54) is 28.7 Å².